The summed E-state index contributed by atoms with van der Waals surface area (Å²) in [5.41, 5.74) is 5.86. The molecule has 0 aliphatic rings. The molecule has 6 heteroatoms. The van der Waals surface area contributed by atoms with E-state index in [9.17, 15) is 9.59 Å². The molecule has 1 aromatic heterocycles. The minimum Gasteiger partial charge on any atom is -0.322 e. The van der Waals surface area contributed by atoms with E-state index in [0.717, 1.165) is 27.7 Å². The van der Waals surface area contributed by atoms with Crippen molar-refractivity contribution in [1.29, 1.82) is 0 Å². The molecule has 6 nitrogen and oxygen atoms in total. The zero-order valence-corrected chi connectivity index (χ0v) is 19.5. The van der Waals surface area contributed by atoms with Gasteiger partial charge in [0.15, 0.2) is 0 Å². The second-order valence-electron chi connectivity index (χ2n) is 9.37. The van der Waals surface area contributed by atoms with Crippen molar-refractivity contribution in [3.05, 3.63) is 88.6 Å². The molecule has 0 radical (unpaired) electrons. The molecular formula is C27H28N4O2. The lowest BCUT2D eigenvalue weighted by Gasteiger charge is -2.19. The van der Waals surface area contributed by atoms with Crippen LogP contribution >= 0.6 is 0 Å². The van der Waals surface area contributed by atoms with Crippen LogP contribution in [0.3, 0.4) is 0 Å². The van der Waals surface area contributed by atoms with Crippen molar-refractivity contribution in [2.24, 2.45) is 0 Å². The number of rotatable bonds is 4. The van der Waals surface area contributed by atoms with Gasteiger partial charge in [0.25, 0.3) is 11.8 Å². The fraction of sp³-hybridized carbons (Fsp3) is 0.222. The Morgan fingerprint density at radius 2 is 1.58 bits per heavy atom. The average Bonchev–Trinajstić information content (AvgIpc) is 3.14. The van der Waals surface area contributed by atoms with Crippen molar-refractivity contribution in [2.75, 3.05) is 10.6 Å². The lowest BCUT2D eigenvalue weighted by atomic mass is 9.86. The van der Waals surface area contributed by atoms with Crippen molar-refractivity contribution >= 4 is 34.1 Å². The second kappa shape index (κ2) is 8.54. The fourth-order valence-corrected chi connectivity index (χ4v) is 3.69. The Hall–Kier alpha value is -3.93. The monoisotopic (exact) mass is 440 g/mol. The maximum absolute atomic E-state index is 13.1. The van der Waals surface area contributed by atoms with Crippen molar-refractivity contribution < 1.29 is 9.59 Å². The van der Waals surface area contributed by atoms with Gasteiger partial charge < -0.3 is 10.6 Å². The highest BCUT2D eigenvalue weighted by molar-refractivity contribution is 6.13. The highest BCUT2D eigenvalue weighted by atomic mass is 16.2. The van der Waals surface area contributed by atoms with E-state index in [4.69, 9.17) is 0 Å². The molecule has 0 spiro atoms. The third-order valence-electron chi connectivity index (χ3n) is 5.68. The van der Waals surface area contributed by atoms with Gasteiger partial charge in [0.2, 0.25) is 0 Å². The number of hydrogen-bond donors (Lipinski definition) is 3. The summed E-state index contributed by atoms with van der Waals surface area (Å²) < 4.78 is 0. The maximum Gasteiger partial charge on any atom is 0.257 e. The molecule has 4 aromatic rings. The molecule has 168 valence electrons. The van der Waals surface area contributed by atoms with Gasteiger partial charge in [0.05, 0.1) is 16.8 Å². The number of carbonyl (C=O) groups excluding carboxylic acids is 2. The summed E-state index contributed by atoms with van der Waals surface area (Å²) in [6.45, 7) is 10.2. The Balaban J connectivity index is 1.56. The van der Waals surface area contributed by atoms with Crippen LogP contribution in [0.2, 0.25) is 0 Å². The first-order valence-corrected chi connectivity index (χ1v) is 10.9. The first-order chi connectivity index (χ1) is 15.6. The molecule has 3 N–H and O–H groups in total. The van der Waals surface area contributed by atoms with Gasteiger partial charge in [-0.05, 0) is 67.3 Å². The van der Waals surface area contributed by atoms with Crippen LogP contribution in [-0.2, 0) is 5.41 Å². The third kappa shape index (κ3) is 4.80. The van der Waals surface area contributed by atoms with Gasteiger partial charge in [0.1, 0.15) is 0 Å². The zero-order valence-electron chi connectivity index (χ0n) is 19.5. The minimum atomic E-state index is -0.302. The topological polar surface area (TPSA) is 86.9 Å². The molecule has 0 aliphatic carbocycles. The van der Waals surface area contributed by atoms with E-state index >= 15 is 0 Å². The summed E-state index contributed by atoms with van der Waals surface area (Å²) in [5.74, 6) is -0.564. The highest BCUT2D eigenvalue weighted by Gasteiger charge is 2.17. The average molecular weight is 441 g/mol. The van der Waals surface area contributed by atoms with Gasteiger partial charge in [-0.3, -0.25) is 14.7 Å². The number of aryl methyl sites for hydroxylation is 2. The van der Waals surface area contributed by atoms with Gasteiger partial charge in [-0.25, -0.2) is 0 Å². The molecule has 0 saturated heterocycles. The van der Waals surface area contributed by atoms with E-state index < -0.39 is 0 Å². The van der Waals surface area contributed by atoms with E-state index in [-0.39, 0.29) is 17.2 Å². The summed E-state index contributed by atoms with van der Waals surface area (Å²) in [5, 5.41) is 14.0. The number of aromatic amines is 1. The lowest BCUT2D eigenvalue weighted by molar-refractivity contribution is 0.102. The normalized spacial score (nSPS) is 11.4. The Morgan fingerprint density at radius 1 is 0.848 bits per heavy atom. The van der Waals surface area contributed by atoms with Crippen LogP contribution in [0.5, 0.6) is 0 Å². The molecule has 0 saturated carbocycles. The molecule has 33 heavy (non-hydrogen) atoms. The summed E-state index contributed by atoms with van der Waals surface area (Å²) in [7, 11) is 0. The van der Waals surface area contributed by atoms with Crippen molar-refractivity contribution in [3.8, 4) is 0 Å². The number of H-pyrrole nitrogens is 1. The van der Waals surface area contributed by atoms with E-state index in [1.54, 1.807) is 12.1 Å². The number of benzene rings is 3. The van der Waals surface area contributed by atoms with E-state index in [0.29, 0.717) is 22.5 Å². The highest BCUT2D eigenvalue weighted by Crippen LogP contribution is 2.25. The van der Waals surface area contributed by atoms with Crippen molar-refractivity contribution in [3.63, 3.8) is 0 Å². The van der Waals surface area contributed by atoms with E-state index in [1.165, 1.54) is 0 Å². The summed E-state index contributed by atoms with van der Waals surface area (Å²) in [4.78, 5) is 26.0. The predicted octanol–water partition coefficient (Wildman–Crippen LogP) is 5.98. The number of nitrogens with one attached hydrogen (secondary N) is 3. The molecule has 0 aliphatic heterocycles. The quantitative estimate of drug-likeness (QED) is 0.365. The number of nitrogens with zero attached hydrogens (tertiary/aromatic N) is 1. The number of carbonyl (C=O) groups is 2. The lowest BCUT2D eigenvalue weighted by Crippen LogP contribution is -2.19. The van der Waals surface area contributed by atoms with Crippen molar-refractivity contribution in [2.45, 2.75) is 40.0 Å². The minimum absolute atomic E-state index is 0.00878. The number of aromatic nitrogens is 2. The van der Waals surface area contributed by atoms with Crippen LogP contribution in [0.4, 0.5) is 11.4 Å². The largest absolute Gasteiger partial charge is 0.322 e. The Bertz CT molecular complexity index is 1350. The van der Waals surface area contributed by atoms with Crippen LogP contribution in [0, 0.1) is 13.8 Å². The standard InChI is InChI=1S/C27H28N4O2/c1-16-6-13-23(29-25(32)18-7-9-19(10-8-18)27(3,4)5)22(14-16)26(33)28-20-11-12-21-17(2)30-31-24(21)15-20/h6-15H,1-5H3,(H,28,33)(H,29,32)(H,30,31). The zero-order chi connectivity index (χ0) is 23.8. The smallest absolute Gasteiger partial charge is 0.257 e. The number of amides is 2. The third-order valence-corrected chi connectivity index (χ3v) is 5.68. The number of hydrogen-bond acceptors (Lipinski definition) is 3. The van der Waals surface area contributed by atoms with Crippen LogP contribution in [-0.4, -0.2) is 22.0 Å². The van der Waals surface area contributed by atoms with Crippen LogP contribution < -0.4 is 10.6 Å². The summed E-state index contributed by atoms with van der Waals surface area (Å²) in [6, 6.07) is 18.5. The molecular weight excluding hydrogens is 412 g/mol. The molecule has 0 atom stereocenters. The first-order valence-electron chi connectivity index (χ1n) is 10.9. The summed E-state index contributed by atoms with van der Waals surface area (Å²) >= 11 is 0. The van der Waals surface area contributed by atoms with Crippen molar-refractivity contribution in [1.82, 2.24) is 10.2 Å². The van der Waals surface area contributed by atoms with Crippen LogP contribution in [0.1, 0.15) is 58.3 Å². The first kappa shape index (κ1) is 22.3. The SMILES string of the molecule is Cc1ccc(NC(=O)c2ccc(C(C)(C)C)cc2)c(C(=O)Nc2ccc3c(C)[nH]nc3c2)c1. The predicted molar refractivity (Wildman–Crippen MR) is 133 cm³/mol. The van der Waals surface area contributed by atoms with Crippen LogP contribution in [0.15, 0.2) is 60.7 Å². The van der Waals surface area contributed by atoms with Gasteiger partial charge in [-0.15, -0.1) is 0 Å². The maximum atomic E-state index is 13.1. The molecule has 0 fully saturated rings. The van der Waals surface area contributed by atoms with Gasteiger partial charge in [-0.1, -0.05) is 44.5 Å². The molecule has 0 bridgehead atoms. The molecule has 3 aromatic carbocycles. The molecule has 4 rings (SSSR count). The molecule has 0 unspecified atom stereocenters. The Kier molecular flexibility index (Phi) is 5.77. The number of fused-ring (bicyclic) bond motifs is 1. The number of anilines is 2. The van der Waals surface area contributed by atoms with E-state index in [1.807, 2.05) is 62.4 Å². The molecule has 1 heterocycles. The van der Waals surface area contributed by atoms with E-state index in [2.05, 4.69) is 41.6 Å². The van der Waals surface area contributed by atoms with Gasteiger partial charge >= 0.3 is 0 Å². The van der Waals surface area contributed by atoms with Gasteiger partial charge in [-0.2, -0.15) is 5.10 Å². The Morgan fingerprint density at radius 3 is 2.27 bits per heavy atom. The fourth-order valence-electron chi connectivity index (χ4n) is 3.69. The summed E-state index contributed by atoms with van der Waals surface area (Å²) in [6.07, 6.45) is 0. The molecule has 2 amide bonds. The second-order valence-corrected chi connectivity index (χ2v) is 9.37. The van der Waals surface area contributed by atoms with Gasteiger partial charge in [0, 0.05) is 22.3 Å². The van der Waals surface area contributed by atoms with Crippen LogP contribution in [0.25, 0.3) is 10.9 Å². The Labute approximate surface area is 193 Å².